The molecule has 0 amide bonds. The average molecular weight is 281 g/mol. The first-order valence-corrected chi connectivity index (χ1v) is 10.3. The number of benzene rings is 1. The van der Waals surface area contributed by atoms with Crippen LogP contribution in [0, 0.1) is 0 Å². The van der Waals surface area contributed by atoms with Gasteiger partial charge in [-0.25, -0.2) is 0 Å². The van der Waals surface area contributed by atoms with Crippen LogP contribution in [0.1, 0.15) is 31.9 Å². The molecule has 20 heavy (non-hydrogen) atoms. The number of allylic oxidation sites excluding steroid dienone is 1. The summed E-state index contributed by atoms with van der Waals surface area (Å²) in [6, 6.07) is 8.63. The zero-order chi connectivity index (χ0) is 15.2. The van der Waals surface area contributed by atoms with Gasteiger partial charge in [0.2, 0.25) is 0 Å². The molecule has 0 bridgehead atoms. The molecule has 4 heteroatoms. The van der Waals surface area contributed by atoms with Gasteiger partial charge in [-0.1, -0.05) is 0 Å². The second-order valence-corrected chi connectivity index (χ2v) is 12.0. The summed E-state index contributed by atoms with van der Waals surface area (Å²) in [5.74, 6) is 1.01. The fraction of sp³-hybridized carbons (Fsp3) is 0.500. The molecule has 1 atom stereocenters. The fourth-order valence-electron chi connectivity index (χ4n) is 3.32. The molecule has 1 aliphatic rings. The molecule has 104 valence electrons. The van der Waals surface area contributed by atoms with Crippen LogP contribution in [0.3, 0.4) is 0 Å². The number of fused-ring (bicyclic) bond motifs is 1. The summed E-state index contributed by atoms with van der Waals surface area (Å²) < 4.78 is 5.66. The summed E-state index contributed by atoms with van der Waals surface area (Å²) in [6.45, 7) is 11.5. The molecule has 0 saturated heterocycles. The monoisotopic (exact) mass is 281 g/mol. The SMILES string of the molecule is [Li][C]1([Si](C)(C)NC(C)(C)C)C=C(OC)c2ccccc21. The minimum absolute atomic E-state index is 0.0439. The third kappa shape index (κ3) is 2.65. The molecule has 0 radical (unpaired) electrons. The Morgan fingerprint density at radius 3 is 2.35 bits per heavy atom. The fourth-order valence-corrected chi connectivity index (χ4v) is 6.84. The second-order valence-electron chi connectivity index (χ2n) is 7.46. The van der Waals surface area contributed by atoms with Gasteiger partial charge in [0.05, 0.1) is 0 Å². The molecule has 2 nitrogen and oxygen atoms in total. The van der Waals surface area contributed by atoms with Gasteiger partial charge in [0.15, 0.2) is 0 Å². The minimum atomic E-state index is -1.75. The predicted octanol–water partition coefficient (Wildman–Crippen LogP) is 3.18. The molecule has 0 fully saturated rings. The van der Waals surface area contributed by atoms with Crippen molar-refractivity contribution in [2.75, 3.05) is 7.11 Å². The molecule has 1 aromatic rings. The van der Waals surface area contributed by atoms with Gasteiger partial charge in [-0.05, 0) is 0 Å². The number of methoxy groups -OCH3 is 1. The number of ether oxygens (including phenoxy) is 1. The summed E-state index contributed by atoms with van der Waals surface area (Å²) in [6.07, 6.45) is 2.32. The van der Waals surface area contributed by atoms with Gasteiger partial charge in [-0.3, -0.25) is 0 Å². The van der Waals surface area contributed by atoms with E-state index >= 15 is 0 Å². The van der Waals surface area contributed by atoms with Crippen molar-refractivity contribution in [2.45, 2.75) is 43.1 Å². The second kappa shape index (κ2) is 5.07. The molecule has 0 spiro atoms. The molecule has 2 rings (SSSR count). The van der Waals surface area contributed by atoms with E-state index in [9.17, 15) is 0 Å². The molecule has 1 N–H and O–H groups in total. The molecule has 0 aliphatic heterocycles. The zero-order valence-electron chi connectivity index (χ0n) is 13.8. The van der Waals surface area contributed by atoms with Crippen LogP contribution in [0.25, 0.3) is 5.76 Å². The number of hydrogen-bond acceptors (Lipinski definition) is 2. The predicted molar refractivity (Wildman–Crippen MR) is 89.2 cm³/mol. The number of rotatable bonds is 3. The van der Waals surface area contributed by atoms with Crippen LogP contribution >= 0.6 is 0 Å². The van der Waals surface area contributed by atoms with Crippen molar-refractivity contribution < 1.29 is 4.74 Å². The Hall–Kier alpha value is -0.466. The molecule has 0 heterocycles. The van der Waals surface area contributed by atoms with Gasteiger partial charge in [-0.2, -0.15) is 0 Å². The third-order valence-electron chi connectivity index (χ3n) is 4.38. The van der Waals surface area contributed by atoms with E-state index < -0.39 is 8.24 Å². The van der Waals surface area contributed by atoms with Crippen LogP contribution in [-0.2, 0) is 8.45 Å². The molecule has 0 saturated carbocycles. The first-order valence-electron chi connectivity index (χ1n) is 7.27. The molecule has 0 aromatic heterocycles. The summed E-state index contributed by atoms with van der Waals surface area (Å²) in [4.78, 5) is 3.90. The Morgan fingerprint density at radius 2 is 1.80 bits per heavy atom. The van der Waals surface area contributed by atoms with Crippen LogP contribution in [0.2, 0.25) is 13.1 Å². The van der Waals surface area contributed by atoms with Gasteiger partial charge >= 0.3 is 133 Å². The number of nitrogens with one attached hydrogen (secondary N) is 1. The molecular formula is C16H24LiNOSi. The van der Waals surface area contributed by atoms with Crippen molar-refractivity contribution in [2.24, 2.45) is 0 Å². The van der Waals surface area contributed by atoms with E-state index in [-0.39, 0.29) is 9.25 Å². The zero-order valence-corrected chi connectivity index (χ0v) is 14.8. The van der Waals surface area contributed by atoms with Crippen molar-refractivity contribution >= 4 is 31.7 Å². The van der Waals surface area contributed by atoms with Gasteiger partial charge in [0.1, 0.15) is 0 Å². The van der Waals surface area contributed by atoms with E-state index in [0.29, 0.717) is 0 Å². The van der Waals surface area contributed by atoms with Crippen molar-refractivity contribution in [3.05, 3.63) is 41.5 Å². The average Bonchev–Trinajstić information content (AvgIpc) is 2.62. The van der Waals surface area contributed by atoms with E-state index in [1.54, 1.807) is 7.11 Å². The molecule has 1 unspecified atom stereocenters. The van der Waals surface area contributed by atoms with Crippen molar-refractivity contribution in [3.8, 4) is 0 Å². The van der Waals surface area contributed by atoms with Gasteiger partial charge in [-0.15, -0.1) is 0 Å². The Bertz CT molecular complexity index is 548. The van der Waals surface area contributed by atoms with E-state index in [1.165, 1.54) is 11.1 Å². The Labute approximate surface area is 133 Å². The maximum absolute atomic E-state index is 5.61. The molecule has 1 aromatic carbocycles. The molecular weight excluding hydrogens is 257 g/mol. The summed E-state index contributed by atoms with van der Waals surface area (Å²) in [5.41, 5.74) is 2.76. The van der Waals surface area contributed by atoms with Gasteiger partial charge < -0.3 is 0 Å². The van der Waals surface area contributed by atoms with E-state index in [1.807, 2.05) is 0 Å². The molecule has 1 aliphatic carbocycles. The first kappa shape index (κ1) is 15.9. The first-order chi connectivity index (χ1) is 9.11. The standard InChI is InChI=1S/C16H24NOSi.Li/c1-16(2,3)17-19(5,6)15-11-14(18-4)12-9-7-8-10-13(12)15;/h7-11,17H,1-6H3;. The normalized spacial score (nSPS) is 22.5. The Kier molecular flexibility index (Phi) is 4.03. The third-order valence-corrected chi connectivity index (χ3v) is 8.76. The summed E-state index contributed by atoms with van der Waals surface area (Å²) in [5, 5.41) is 0. The van der Waals surface area contributed by atoms with Crippen molar-refractivity contribution in [1.82, 2.24) is 4.98 Å². The van der Waals surface area contributed by atoms with Crippen LogP contribution in [-0.4, -0.2) is 38.6 Å². The van der Waals surface area contributed by atoms with E-state index in [4.69, 9.17) is 4.74 Å². The Morgan fingerprint density at radius 1 is 1.20 bits per heavy atom. The quantitative estimate of drug-likeness (QED) is 0.859. The summed E-state index contributed by atoms with van der Waals surface area (Å²) >= 11 is 2.35. The van der Waals surface area contributed by atoms with E-state index in [2.05, 4.69) is 86.9 Å². The maximum atomic E-state index is 5.61. The van der Waals surface area contributed by atoms with E-state index in [0.717, 1.165) is 5.76 Å². The van der Waals surface area contributed by atoms with Gasteiger partial charge in [0.25, 0.3) is 0 Å². The topological polar surface area (TPSA) is 21.3 Å². The van der Waals surface area contributed by atoms with Crippen LogP contribution in [0.15, 0.2) is 30.3 Å². The van der Waals surface area contributed by atoms with Crippen LogP contribution < -0.4 is 4.98 Å². The Balaban J connectivity index is 2.53. The number of hydrogen-bond donors (Lipinski definition) is 1. The van der Waals surface area contributed by atoms with Gasteiger partial charge in [0, 0.05) is 0 Å². The summed E-state index contributed by atoms with van der Waals surface area (Å²) in [7, 11) is 0.0184. The van der Waals surface area contributed by atoms with Crippen LogP contribution in [0.4, 0.5) is 0 Å². The van der Waals surface area contributed by atoms with Crippen molar-refractivity contribution in [3.63, 3.8) is 0 Å². The van der Waals surface area contributed by atoms with Crippen LogP contribution in [0.5, 0.6) is 0 Å². The van der Waals surface area contributed by atoms with Crippen molar-refractivity contribution in [1.29, 1.82) is 0 Å².